The van der Waals surface area contributed by atoms with Gasteiger partial charge in [-0.2, -0.15) is 11.8 Å². The third-order valence-corrected chi connectivity index (χ3v) is 4.95. The molecule has 0 bridgehead atoms. The molecule has 1 N–H and O–H groups in total. The zero-order chi connectivity index (χ0) is 16.9. The minimum absolute atomic E-state index is 0.0878. The summed E-state index contributed by atoms with van der Waals surface area (Å²) in [6, 6.07) is 15.5. The molecular weight excluding hydrogens is 336 g/mol. The van der Waals surface area contributed by atoms with Crippen molar-refractivity contribution in [1.29, 1.82) is 0 Å². The summed E-state index contributed by atoms with van der Waals surface area (Å²) in [5.74, 6) is 0.818. The van der Waals surface area contributed by atoms with Crippen LogP contribution >= 0.6 is 23.1 Å². The zero-order valence-corrected chi connectivity index (χ0v) is 15.2. The molecule has 5 heteroatoms. The predicted molar refractivity (Wildman–Crippen MR) is 104 cm³/mol. The Bertz CT molecular complexity index is 841. The summed E-state index contributed by atoms with van der Waals surface area (Å²) >= 11 is 3.38. The molecule has 1 aromatic heterocycles. The first kappa shape index (κ1) is 16.7. The second-order valence-electron chi connectivity index (χ2n) is 5.42. The molecule has 0 radical (unpaired) electrons. The van der Waals surface area contributed by atoms with E-state index in [1.54, 1.807) is 23.1 Å². The fraction of sp³-hybridized carbons (Fsp3) is 0.158. The van der Waals surface area contributed by atoms with Crippen molar-refractivity contribution < 1.29 is 4.79 Å². The summed E-state index contributed by atoms with van der Waals surface area (Å²) in [6.45, 7) is 1.99. The Labute approximate surface area is 150 Å². The lowest BCUT2D eigenvalue weighted by Gasteiger charge is -2.07. The summed E-state index contributed by atoms with van der Waals surface area (Å²) in [5, 5.41) is 6.04. The monoisotopic (exact) mass is 354 g/mol. The molecule has 0 aliphatic heterocycles. The van der Waals surface area contributed by atoms with E-state index in [9.17, 15) is 4.79 Å². The second kappa shape index (κ2) is 7.64. The van der Waals surface area contributed by atoms with Gasteiger partial charge >= 0.3 is 0 Å². The molecule has 3 rings (SSSR count). The summed E-state index contributed by atoms with van der Waals surface area (Å²) < 4.78 is 0. The van der Waals surface area contributed by atoms with Crippen LogP contribution < -0.4 is 5.32 Å². The number of aryl methyl sites for hydroxylation is 1. The molecule has 1 heterocycles. The number of anilines is 1. The van der Waals surface area contributed by atoms with E-state index < -0.39 is 0 Å². The molecule has 1 amide bonds. The SMILES string of the molecule is CSCc1cccc(C(=O)Nc2ccc(-c3csc(C)n3)cc2)c1. The van der Waals surface area contributed by atoms with Gasteiger partial charge in [-0.1, -0.05) is 24.3 Å². The predicted octanol–water partition coefficient (Wildman–Crippen LogP) is 5.23. The lowest BCUT2D eigenvalue weighted by atomic mass is 10.1. The van der Waals surface area contributed by atoms with Crippen LogP contribution in [0.25, 0.3) is 11.3 Å². The maximum absolute atomic E-state index is 12.4. The molecular formula is C19H18N2OS2. The average Bonchev–Trinajstić information content (AvgIpc) is 3.02. The van der Waals surface area contributed by atoms with E-state index in [0.717, 1.165) is 33.3 Å². The molecule has 122 valence electrons. The van der Waals surface area contributed by atoms with E-state index in [2.05, 4.69) is 16.6 Å². The van der Waals surface area contributed by atoms with E-state index in [0.29, 0.717) is 5.56 Å². The van der Waals surface area contributed by atoms with Crippen molar-refractivity contribution in [3.05, 3.63) is 70.0 Å². The van der Waals surface area contributed by atoms with Gasteiger partial charge in [-0.25, -0.2) is 4.98 Å². The minimum Gasteiger partial charge on any atom is -0.322 e. The number of nitrogens with zero attached hydrogens (tertiary/aromatic N) is 1. The second-order valence-corrected chi connectivity index (χ2v) is 7.34. The molecule has 24 heavy (non-hydrogen) atoms. The number of thioether (sulfide) groups is 1. The Morgan fingerprint density at radius 2 is 2.00 bits per heavy atom. The van der Waals surface area contributed by atoms with E-state index in [-0.39, 0.29) is 5.91 Å². The Kier molecular flexibility index (Phi) is 5.33. The van der Waals surface area contributed by atoms with Gasteiger partial charge in [-0.15, -0.1) is 11.3 Å². The van der Waals surface area contributed by atoms with E-state index >= 15 is 0 Å². The largest absolute Gasteiger partial charge is 0.322 e. The van der Waals surface area contributed by atoms with Crippen LogP contribution in [0, 0.1) is 6.92 Å². The van der Waals surface area contributed by atoms with Gasteiger partial charge in [-0.3, -0.25) is 4.79 Å². The third kappa shape index (κ3) is 4.04. The Hall–Kier alpha value is -2.11. The number of nitrogens with one attached hydrogen (secondary N) is 1. The Morgan fingerprint density at radius 3 is 2.67 bits per heavy atom. The highest BCUT2D eigenvalue weighted by atomic mass is 32.2. The summed E-state index contributed by atoms with van der Waals surface area (Å²) in [6.07, 6.45) is 2.05. The first-order valence-electron chi connectivity index (χ1n) is 7.57. The number of hydrogen-bond donors (Lipinski definition) is 1. The molecule has 0 saturated carbocycles. The fourth-order valence-corrected chi connectivity index (χ4v) is 3.53. The normalized spacial score (nSPS) is 10.6. The number of thiazole rings is 1. The summed E-state index contributed by atoms with van der Waals surface area (Å²) in [5.41, 5.74) is 4.65. The van der Waals surface area contributed by atoms with Gasteiger partial charge in [0.2, 0.25) is 0 Å². The van der Waals surface area contributed by atoms with E-state index in [1.165, 1.54) is 0 Å². The van der Waals surface area contributed by atoms with Gasteiger partial charge in [0.15, 0.2) is 0 Å². The van der Waals surface area contributed by atoms with Crippen LogP contribution in [-0.2, 0) is 5.75 Å². The summed E-state index contributed by atoms with van der Waals surface area (Å²) in [7, 11) is 0. The smallest absolute Gasteiger partial charge is 0.255 e. The first-order chi connectivity index (χ1) is 11.7. The molecule has 3 nitrogen and oxygen atoms in total. The van der Waals surface area contributed by atoms with Crippen LogP contribution in [0.15, 0.2) is 53.9 Å². The number of carbonyl (C=O) groups excluding carboxylic acids is 1. The van der Waals surface area contributed by atoms with E-state index in [1.807, 2.05) is 60.8 Å². The van der Waals surface area contributed by atoms with Gasteiger partial charge in [0.05, 0.1) is 10.7 Å². The van der Waals surface area contributed by atoms with Gasteiger partial charge in [-0.05, 0) is 43.0 Å². The Morgan fingerprint density at radius 1 is 1.21 bits per heavy atom. The number of carbonyl (C=O) groups is 1. The fourth-order valence-electron chi connectivity index (χ4n) is 2.39. The number of benzene rings is 2. The lowest BCUT2D eigenvalue weighted by molar-refractivity contribution is 0.102. The van der Waals surface area contributed by atoms with Crippen molar-refractivity contribution in [3.63, 3.8) is 0 Å². The highest BCUT2D eigenvalue weighted by molar-refractivity contribution is 7.97. The highest BCUT2D eigenvalue weighted by Crippen LogP contribution is 2.23. The van der Waals surface area contributed by atoms with Gasteiger partial charge in [0.1, 0.15) is 0 Å². The topological polar surface area (TPSA) is 42.0 Å². The Balaban J connectivity index is 1.71. The molecule has 0 aliphatic rings. The minimum atomic E-state index is -0.0878. The molecule has 0 spiro atoms. The molecule has 0 unspecified atom stereocenters. The molecule has 3 aromatic rings. The van der Waals surface area contributed by atoms with Crippen LogP contribution in [0.2, 0.25) is 0 Å². The maximum atomic E-state index is 12.4. The number of amides is 1. The molecule has 0 fully saturated rings. The highest BCUT2D eigenvalue weighted by Gasteiger charge is 2.08. The van der Waals surface area contributed by atoms with Crippen LogP contribution in [0.3, 0.4) is 0 Å². The lowest BCUT2D eigenvalue weighted by Crippen LogP contribution is -2.12. The number of hydrogen-bond acceptors (Lipinski definition) is 4. The van der Waals surface area contributed by atoms with Crippen LogP contribution in [0.4, 0.5) is 5.69 Å². The van der Waals surface area contributed by atoms with Crippen molar-refractivity contribution in [2.75, 3.05) is 11.6 Å². The van der Waals surface area contributed by atoms with Crippen molar-refractivity contribution in [2.45, 2.75) is 12.7 Å². The quantitative estimate of drug-likeness (QED) is 0.682. The van der Waals surface area contributed by atoms with Crippen molar-refractivity contribution >= 4 is 34.7 Å². The van der Waals surface area contributed by atoms with Crippen LogP contribution in [0.1, 0.15) is 20.9 Å². The number of aromatic nitrogens is 1. The van der Waals surface area contributed by atoms with Crippen LogP contribution in [0.5, 0.6) is 0 Å². The number of rotatable bonds is 5. The van der Waals surface area contributed by atoms with Gasteiger partial charge in [0.25, 0.3) is 5.91 Å². The average molecular weight is 355 g/mol. The molecule has 0 saturated heterocycles. The van der Waals surface area contributed by atoms with Crippen LogP contribution in [-0.4, -0.2) is 17.1 Å². The summed E-state index contributed by atoms with van der Waals surface area (Å²) in [4.78, 5) is 16.9. The third-order valence-electron chi connectivity index (χ3n) is 3.56. The molecule has 2 aromatic carbocycles. The van der Waals surface area contributed by atoms with Crippen molar-refractivity contribution in [3.8, 4) is 11.3 Å². The van der Waals surface area contributed by atoms with Gasteiger partial charge in [0, 0.05) is 27.9 Å². The van der Waals surface area contributed by atoms with Crippen molar-refractivity contribution in [2.24, 2.45) is 0 Å². The molecule has 0 atom stereocenters. The molecule has 0 aliphatic carbocycles. The zero-order valence-electron chi connectivity index (χ0n) is 13.6. The maximum Gasteiger partial charge on any atom is 0.255 e. The van der Waals surface area contributed by atoms with Gasteiger partial charge < -0.3 is 5.32 Å². The van der Waals surface area contributed by atoms with Crippen molar-refractivity contribution in [1.82, 2.24) is 4.98 Å². The standard InChI is InChI=1S/C19H18N2OS2/c1-13-20-18(12-24-13)15-6-8-17(9-7-15)21-19(22)16-5-3-4-14(10-16)11-23-2/h3-10,12H,11H2,1-2H3,(H,21,22). The first-order valence-corrected chi connectivity index (χ1v) is 9.85. The van der Waals surface area contributed by atoms with E-state index in [4.69, 9.17) is 0 Å².